The Labute approximate surface area is 163 Å². The van der Waals surface area contributed by atoms with Gasteiger partial charge in [-0.3, -0.25) is 5.10 Å². The Morgan fingerprint density at radius 1 is 1.32 bits per heavy atom. The van der Waals surface area contributed by atoms with E-state index in [1.165, 1.54) is 4.90 Å². The number of H-pyrrole nitrogens is 1. The first kappa shape index (κ1) is 18.8. The summed E-state index contributed by atoms with van der Waals surface area (Å²) in [6.45, 7) is 0.264. The van der Waals surface area contributed by atoms with Crippen molar-refractivity contribution in [2.75, 3.05) is 19.4 Å². The van der Waals surface area contributed by atoms with E-state index in [0.29, 0.717) is 22.0 Å². The van der Waals surface area contributed by atoms with Crippen molar-refractivity contribution in [2.45, 2.75) is 42.7 Å². The molecular weight excluding hydrogens is 382 g/mol. The van der Waals surface area contributed by atoms with Crippen molar-refractivity contribution >= 4 is 27.6 Å². The molecule has 10 heteroatoms. The van der Waals surface area contributed by atoms with Gasteiger partial charge in [-0.15, -0.1) is 0 Å². The third kappa shape index (κ3) is 3.57. The number of aromatic amines is 1. The number of hydrogen-bond donors (Lipinski definition) is 3. The number of carbonyl (C=O) groups is 1. The van der Waals surface area contributed by atoms with Crippen LogP contribution >= 0.6 is 0 Å². The fraction of sp³-hybridized carbons (Fsp3) is 0.444. The highest BCUT2D eigenvalue weighted by Gasteiger charge is 2.31. The minimum Gasteiger partial charge on any atom is -0.446 e. The van der Waals surface area contributed by atoms with E-state index in [-0.39, 0.29) is 24.7 Å². The second kappa shape index (κ2) is 7.10. The van der Waals surface area contributed by atoms with Crippen LogP contribution in [0.2, 0.25) is 0 Å². The number of carbonyl (C=O) groups excluding carboxylic acids is 1. The molecule has 0 saturated heterocycles. The molecule has 1 fully saturated rings. The molecule has 4 rings (SSSR count). The van der Waals surface area contributed by atoms with Crippen LogP contribution in [0.3, 0.4) is 0 Å². The third-order valence-electron chi connectivity index (χ3n) is 5.18. The van der Waals surface area contributed by atoms with Gasteiger partial charge in [-0.05, 0) is 31.4 Å². The van der Waals surface area contributed by atoms with Gasteiger partial charge in [0.15, 0.2) is 5.82 Å². The fourth-order valence-electron chi connectivity index (χ4n) is 3.69. The SMILES string of the molecule is CN(C)C(=O)O[C@@H]1CC[C@H](c2cc(Nc3cccc4c3CNS4(=O)=O)n[nH]2)C1. The van der Waals surface area contributed by atoms with Crippen LogP contribution in [-0.4, -0.2) is 49.8 Å². The normalized spacial score (nSPS) is 22.6. The van der Waals surface area contributed by atoms with Gasteiger partial charge in [0.1, 0.15) is 6.10 Å². The van der Waals surface area contributed by atoms with E-state index in [2.05, 4.69) is 20.2 Å². The van der Waals surface area contributed by atoms with Crippen LogP contribution in [0, 0.1) is 0 Å². The van der Waals surface area contributed by atoms with Crippen LogP contribution in [0.4, 0.5) is 16.3 Å². The molecule has 3 N–H and O–H groups in total. The number of benzene rings is 1. The number of rotatable bonds is 4. The summed E-state index contributed by atoms with van der Waals surface area (Å²) in [6.07, 6.45) is 2.08. The standard InChI is InChI=1S/C18H23N5O4S/c1-23(2)18(24)27-12-7-6-11(8-12)15-9-17(22-21-15)20-14-4-3-5-16-13(14)10-19-28(16,25)26/h3-5,9,11-12,19H,6-8,10H2,1-2H3,(H2,20,21,22)/t11-,12+/m0/s1. The van der Waals surface area contributed by atoms with Crippen molar-refractivity contribution in [2.24, 2.45) is 0 Å². The Hall–Kier alpha value is -2.59. The number of nitrogens with zero attached hydrogens (tertiary/aromatic N) is 2. The molecule has 1 aliphatic heterocycles. The predicted molar refractivity (Wildman–Crippen MR) is 103 cm³/mol. The molecule has 0 bridgehead atoms. The molecule has 1 saturated carbocycles. The Kier molecular flexibility index (Phi) is 4.76. The fourth-order valence-corrected chi connectivity index (χ4v) is 4.94. The topological polar surface area (TPSA) is 116 Å². The maximum Gasteiger partial charge on any atom is 0.409 e. The Morgan fingerprint density at radius 2 is 2.14 bits per heavy atom. The van der Waals surface area contributed by atoms with E-state index in [9.17, 15) is 13.2 Å². The maximum atomic E-state index is 12.0. The van der Waals surface area contributed by atoms with Crippen LogP contribution in [-0.2, 0) is 21.3 Å². The Bertz CT molecular complexity index is 1000. The molecule has 1 aliphatic carbocycles. The van der Waals surface area contributed by atoms with Crippen LogP contribution in [0.15, 0.2) is 29.2 Å². The number of ether oxygens (including phenoxy) is 1. The molecule has 0 radical (unpaired) electrons. The number of hydrogen-bond acceptors (Lipinski definition) is 6. The lowest BCUT2D eigenvalue weighted by Gasteiger charge is -2.16. The minimum atomic E-state index is -3.41. The molecule has 2 heterocycles. The van der Waals surface area contributed by atoms with E-state index in [4.69, 9.17) is 4.74 Å². The number of sulfonamides is 1. The molecule has 1 aromatic heterocycles. The van der Waals surface area contributed by atoms with E-state index >= 15 is 0 Å². The summed E-state index contributed by atoms with van der Waals surface area (Å²) >= 11 is 0. The summed E-state index contributed by atoms with van der Waals surface area (Å²) in [4.78, 5) is 13.4. The van der Waals surface area contributed by atoms with Gasteiger partial charge in [0.05, 0.1) is 4.90 Å². The first-order valence-corrected chi connectivity index (χ1v) is 10.6. The van der Waals surface area contributed by atoms with E-state index < -0.39 is 10.0 Å². The Morgan fingerprint density at radius 3 is 2.93 bits per heavy atom. The summed E-state index contributed by atoms with van der Waals surface area (Å²) in [7, 11) is -0.0750. The molecule has 2 aromatic rings. The van der Waals surface area contributed by atoms with Gasteiger partial charge in [-0.2, -0.15) is 5.10 Å². The highest BCUT2D eigenvalue weighted by Crippen LogP contribution is 2.37. The molecule has 1 amide bonds. The first-order valence-electron chi connectivity index (χ1n) is 9.15. The average molecular weight is 405 g/mol. The lowest BCUT2D eigenvalue weighted by atomic mass is 10.0. The van der Waals surface area contributed by atoms with Crippen molar-refractivity contribution in [3.63, 3.8) is 0 Å². The highest BCUT2D eigenvalue weighted by atomic mass is 32.2. The summed E-state index contributed by atoms with van der Waals surface area (Å²) < 4.78 is 32.0. The zero-order valence-corrected chi connectivity index (χ0v) is 16.5. The summed E-state index contributed by atoms with van der Waals surface area (Å²) in [6, 6.07) is 7.07. The van der Waals surface area contributed by atoms with Gasteiger partial charge in [-0.1, -0.05) is 6.07 Å². The summed E-state index contributed by atoms with van der Waals surface area (Å²) in [5.74, 6) is 0.868. The molecule has 9 nitrogen and oxygen atoms in total. The quantitative estimate of drug-likeness (QED) is 0.719. The molecule has 0 unspecified atom stereocenters. The van der Waals surface area contributed by atoms with E-state index in [0.717, 1.165) is 25.0 Å². The second-order valence-electron chi connectivity index (χ2n) is 7.35. The largest absolute Gasteiger partial charge is 0.446 e. The third-order valence-corrected chi connectivity index (χ3v) is 6.66. The van der Waals surface area contributed by atoms with Crippen molar-refractivity contribution in [1.82, 2.24) is 19.8 Å². The lowest BCUT2D eigenvalue weighted by Crippen LogP contribution is -2.26. The predicted octanol–water partition coefficient (Wildman–Crippen LogP) is 2.28. The zero-order valence-electron chi connectivity index (χ0n) is 15.7. The van der Waals surface area contributed by atoms with Gasteiger partial charge in [0.2, 0.25) is 10.0 Å². The molecule has 28 heavy (non-hydrogen) atoms. The van der Waals surface area contributed by atoms with Crippen molar-refractivity contribution < 1.29 is 17.9 Å². The van der Waals surface area contributed by atoms with Crippen molar-refractivity contribution in [1.29, 1.82) is 0 Å². The van der Waals surface area contributed by atoms with Crippen molar-refractivity contribution in [3.05, 3.63) is 35.5 Å². The number of nitrogens with one attached hydrogen (secondary N) is 3. The monoisotopic (exact) mass is 405 g/mol. The smallest absolute Gasteiger partial charge is 0.409 e. The molecular formula is C18H23N5O4S. The Balaban J connectivity index is 1.44. The van der Waals surface area contributed by atoms with Gasteiger partial charge in [0.25, 0.3) is 0 Å². The van der Waals surface area contributed by atoms with Crippen LogP contribution < -0.4 is 10.0 Å². The summed E-state index contributed by atoms with van der Waals surface area (Å²) in [5, 5.41) is 10.6. The number of anilines is 2. The molecule has 150 valence electrons. The van der Waals surface area contributed by atoms with Gasteiger partial charge in [0, 0.05) is 49.6 Å². The van der Waals surface area contributed by atoms with E-state index in [1.807, 2.05) is 12.1 Å². The van der Waals surface area contributed by atoms with Crippen molar-refractivity contribution in [3.8, 4) is 0 Å². The summed E-state index contributed by atoms with van der Waals surface area (Å²) in [5.41, 5.74) is 2.40. The minimum absolute atomic E-state index is 0.0896. The van der Waals surface area contributed by atoms with E-state index in [1.54, 1.807) is 26.2 Å². The molecule has 2 atom stereocenters. The highest BCUT2D eigenvalue weighted by molar-refractivity contribution is 7.89. The number of amides is 1. The average Bonchev–Trinajstić information content (AvgIpc) is 3.35. The lowest BCUT2D eigenvalue weighted by molar-refractivity contribution is 0.0770. The van der Waals surface area contributed by atoms with Gasteiger partial charge in [-0.25, -0.2) is 17.9 Å². The zero-order chi connectivity index (χ0) is 19.9. The van der Waals surface area contributed by atoms with Gasteiger partial charge >= 0.3 is 6.09 Å². The van der Waals surface area contributed by atoms with Crippen LogP contribution in [0.25, 0.3) is 0 Å². The number of fused-ring (bicyclic) bond motifs is 1. The van der Waals surface area contributed by atoms with Crippen LogP contribution in [0.1, 0.15) is 36.4 Å². The molecule has 1 aromatic carbocycles. The second-order valence-corrected chi connectivity index (χ2v) is 9.09. The van der Waals surface area contributed by atoms with Gasteiger partial charge < -0.3 is 15.0 Å². The number of aromatic nitrogens is 2. The van der Waals surface area contributed by atoms with Crippen LogP contribution in [0.5, 0.6) is 0 Å². The molecule has 2 aliphatic rings. The molecule has 0 spiro atoms. The first-order chi connectivity index (χ1) is 13.3. The maximum absolute atomic E-state index is 12.0.